The number of aryl methyl sites for hydroxylation is 1. The summed E-state index contributed by atoms with van der Waals surface area (Å²) in [5.41, 5.74) is 11.8. The first-order valence-corrected chi connectivity index (χ1v) is 10.1. The van der Waals surface area contributed by atoms with E-state index in [2.05, 4.69) is 62.4 Å². The molecule has 2 N–H and O–H groups in total. The predicted molar refractivity (Wildman–Crippen MR) is 109 cm³/mol. The molecular weight excluding hydrogens is 302 g/mol. The Kier molecular flexibility index (Phi) is 5.83. The molecule has 0 aliphatic heterocycles. The first kappa shape index (κ1) is 18.0. The number of anilines is 1. The van der Waals surface area contributed by atoms with Gasteiger partial charge in [0.1, 0.15) is 0 Å². The molecule has 0 amide bonds. The van der Waals surface area contributed by atoms with E-state index in [1.54, 1.807) is 11.1 Å². The van der Waals surface area contributed by atoms with Crippen LogP contribution in [0.25, 0.3) is 0 Å². The van der Waals surface area contributed by atoms with Crippen LogP contribution in [-0.4, -0.2) is 0 Å². The molecule has 1 aliphatic carbocycles. The first-order chi connectivity index (χ1) is 12.2. The SMILES string of the molecule is CCCc1ccccc1C1CCCCC1(CC)Cc1ccc(N)cc1. The molecule has 1 heteroatoms. The van der Waals surface area contributed by atoms with Gasteiger partial charge in [-0.05, 0) is 72.3 Å². The fourth-order valence-corrected chi connectivity index (χ4v) is 4.96. The van der Waals surface area contributed by atoms with Gasteiger partial charge in [0.15, 0.2) is 0 Å². The van der Waals surface area contributed by atoms with Gasteiger partial charge in [0.05, 0.1) is 0 Å². The summed E-state index contributed by atoms with van der Waals surface area (Å²) in [6, 6.07) is 17.8. The summed E-state index contributed by atoms with van der Waals surface area (Å²) in [7, 11) is 0. The maximum Gasteiger partial charge on any atom is 0.0314 e. The van der Waals surface area contributed by atoms with Crippen molar-refractivity contribution in [3.05, 3.63) is 65.2 Å². The summed E-state index contributed by atoms with van der Waals surface area (Å²) in [4.78, 5) is 0. The van der Waals surface area contributed by atoms with Crippen LogP contribution in [0, 0.1) is 5.41 Å². The molecule has 2 unspecified atom stereocenters. The third-order valence-corrected chi connectivity index (χ3v) is 6.35. The minimum Gasteiger partial charge on any atom is -0.399 e. The van der Waals surface area contributed by atoms with Crippen molar-refractivity contribution in [1.82, 2.24) is 0 Å². The lowest BCUT2D eigenvalue weighted by Crippen LogP contribution is -2.34. The molecule has 0 radical (unpaired) electrons. The summed E-state index contributed by atoms with van der Waals surface area (Å²) in [6.45, 7) is 4.69. The van der Waals surface area contributed by atoms with E-state index < -0.39 is 0 Å². The third kappa shape index (κ3) is 3.92. The lowest BCUT2D eigenvalue weighted by Gasteiger charge is -2.45. The van der Waals surface area contributed by atoms with Crippen molar-refractivity contribution in [3.63, 3.8) is 0 Å². The molecule has 1 saturated carbocycles. The zero-order valence-corrected chi connectivity index (χ0v) is 15.9. The Bertz CT molecular complexity index is 673. The van der Waals surface area contributed by atoms with Crippen LogP contribution in [0.15, 0.2) is 48.5 Å². The number of rotatable bonds is 6. The average molecular weight is 336 g/mol. The number of hydrogen-bond acceptors (Lipinski definition) is 1. The van der Waals surface area contributed by atoms with Crippen LogP contribution in [0.1, 0.15) is 75.0 Å². The molecule has 25 heavy (non-hydrogen) atoms. The maximum absolute atomic E-state index is 5.90. The Morgan fingerprint density at radius 2 is 1.76 bits per heavy atom. The van der Waals surface area contributed by atoms with Gasteiger partial charge in [-0.2, -0.15) is 0 Å². The molecule has 1 aliphatic rings. The van der Waals surface area contributed by atoms with Gasteiger partial charge in [-0.3, -0.25) is 0 Å². The van der Waals surface area contributed by atoms with Gasteiger partial charge in [-0.15, -0.1) is 0 Å². The molecule has 0 spiro atoms. The summed E-state index contributed by atoms with van der Waals surface area (Å²) in [5, 5.41) is 0. The number of nitrogens with two attached hydrogens (primary N) is 1. The van der Waals surface area contributed by atoms with Gasteiger partial charge in [0.25, 0.3) is 0 Å². The Balaban J connectivity index is 1.96. The summed E-state index contributed by atoms with van der Waals surface area (Å²) < 4.78 is 0. The summed E-state index contributed by atoms with van der Waals surface area (Å²) in [5.74, 6) is 0.687. The fraction of sp³-hybridized carbons (Fsp3) is 0.500. The van der Waals surface area contributed by atoms with E-state index in [1.165, 1.54) is 56.9 Å². The van der Waals surface area contributed by atoms with E-state index in [0.717, 1.165) is 5.69 Å². The van der Waals surface area contributed by atoms with E-state index in [9.17, 15) is 0 Å². The van der Waals surface area contributed by atoms with Crippen molar-refractivity contribution < 1.29 is 0 Å². The minimum atomic E-state index is 0.387. The lowest BCUT2D eigenvalue weighted by molar-refractivity contribution is 0.140. The van der Waals surface area contributed by atoms with Gasteiger partial charge in [0.2, 0.25) is 0 Å². The smallest absolute Gasteiger partial charge is 0.0314 e. The molecule has 0 heterocycles. The van der Waals surface area contributed by atoms with Gasteiger partial charge >= 0.3 is 0 Å². The molecular formula is C24H33N. The second kappa shape index (κ2) is 8.08. The van der Waals surface area contributed by atoms with E-state index in [0.29, 0.717) is 11.3 Å². The van der Waals surface area contributed by atoms with Crippen molar-refractivity contribution in [2.24, 2.45) is 5.41 Å². The molecule has 2 aromatic carbocycles. The van der Waals surface area contributed by atoms with Crippen LogP contribution >= 0.6 is 0 Å². The van der Waals surface area contributed by atoms with E-state index in [4.69, 9.17) is 5.73 Å². The largest absolute Gasteiger partial charge is 0.399 e. The van der Waals surface area contributed by atoms with E-state index in [1.807, 2.05) is 0 Å². The van der Waals surface area contributed by atoms with Crippen LogP contribution in [0.3, 0.4) is 0 Å². The Hall–Kier alpha value is -1.76. The Labute approximate surface area is 153 Å². The van der Waals surface area contributed by atoms with Crippen LogP contribution in [-0.2, 0) is 12.8 Å². The van der Waals surface area contributed by atoms with Gasteiger partial charge in [-0.1, -0.05) is 69.5 Å². The standard InChI is InChI=1S/C24H33N/c1-3-9-20-10-5-6-11-22(20)23-12-7-8-17-24(23,4-2)18-19-13-15-21(25)16-14-19/h5-6,10-11,13-16,23H,3-4,7-9,12,17-18,25H2,1-2H3. The summed E-state index contributed by atoms with van der Waals surface area (Å²) in [6.07, 6.45) is 10.3. The molecule has 0 saturated heterocycles. The lowest BCUT2D eigenvalue weighted by atomic mass is 9.59. The quantitative estimate of drug-likeness (QED) is 0.598. The minimum absolute atomic E-state index is 0.387. The molecule has 0 aromatic heterocycles. The normalized spacial score (nSPS) is 23.5. The Morgan fingerprint density at radius 3 is 2.48 bits per heavy atom. The van der Waals surface area contributed by atoms with E-state index >= 15 is 0 Å². The highest BCUT2D eigenvalue weighted by Gasteiger charge is 2.40. The van der Waals surface area contributed by atoms with Crippen LogP contribution in [0.2, 0.25) is 0 Å². The molecule has 2 atom stereocenters. The van der Waals surface area contributed by atoms with Crippen molar-refractivity contribution in [3.8, 4) is 0 Å². The molecule has 1 fully saturated rings. The van der Waals surface area contributed by atoms with Gasteiger partial charge < -0.3 is 5.73 Å². The van der Waals surface area contributed by atoms with Crippen LogP contribution in [0.4, 0.5) is 5.69 Å². The average Bonchev–Trinajstić information content (AvgIpc) is 2.65. The second-order valence-electron chi connectivity index (χ2n) is 7.88. The number of benzene rings is 2. The van der Waals surface area contributed by atoms with Crippen molar-refractivity contribution in [2.45, 2.75) is 71.1 Å². The first-order valence-electron chi connectivity index (χ1n) is 10.1. The highest BCUT2D eigenvalue weighted by atomic mass is 14.5. The van der Waals surface area contributed by atoms with E-state index in [-0.39, 0.29) is 0 Å². The molecule has 1 nitrogen and oxygen atoms in total. The maximum atomic E-state index is 5.90. The number of hydrogen-bond donors (Lipinski definition) is 1. The zero-order valence-electron chi connectivity index (χ0n) is 15.9. The van der Waals surface area contributed by atoms with Crippen LogP contribution in [0.5, 0.6) is 0 Å². The highest BCUT2D eigenvalue weighted by molar-refractivity contribution is 5.40. The molecule has 2 aromatic rings. The predicted octanol–water partition coefficient (Wildman–Crippen LogP) is 6.52. The van der Waals surface area contributed by atoms with Crippen LogP contribution < -0.4 is 5.73 Å². The monoisotopic (exact) mass is 335 g/mol. The van der Waals surface area contributed by atoms with Gasteiger partial charge in [-0.25, -0.2) is 0 Å². The van der Waals surface area contributed by atoms with Crippen molar-refractivity contribution >= 4 is 5.69 Å². The number of nitrogen functional groups attached to an aromatic ring is 1. The topological polar surface area (TPSA) is 26.0 Å². The highest BCUT2D eigenvalue weighted by Crippen LogP contribution is 2.52. The Morgan fingerprint density at radius 1 is 1.00 bits per heavy atom. The molecule has 3 rings (SSSR count). The zero-order chi connectivity index (χ0) is 17.7. The summed E-state index contributed by atoms with van der Waals surface area (Å²) >= 11 is 0. The molecule has 134 valence electrons. The third-order valence-electron chi connectivity index (χ3n) is 6.35. The van der Waals surface area contributed by atoms with Crippen molar-refractivity contribution in [1.29, 1.82) is 0 Å². The fourth-order valence-electron chi connectivity index (χ4n) is 4.96. The molecule has 0 bridgehead atoms. The second-order valence-corrected chi connectivity index (χ2v) is 7.88. The van der Waals surface area contributed by atoms with Gasteiger partial charge in [0, 0.05) is 5.69 Å². The van der Waals surface area contributed by atoms with Crippen molar-refractivity contribution in [2.75, 3.05) is 5.73 Å².